The van der Waals surface area contributed by atoms with Crippen LogP contribution in [-0.4, -0.2) is 23.6 Å². The molecule has 0 bridgehead atoms. The van der Waals surface area contributed by atoms with E-state index in [1.54, 1.807) is 48.5 Å². The minimum absolute atomic E-state index is 0.0618. The normalized spacial score (nSPS) is 14.8. The van der Waals surface area contributed by atoms with Gasteiger partial charge in [-0.25, -0.2) is 0 Å². The van der Waals surface area contributed by atoms with Crippen LogP contribution in [0.15, 0.2) is 48.5 Å². The lowest BCUT2D eigenvalue weighted by Crippen LogP contribution is -2.34. The number of Topliss-reactive ketones (excluding diaryl/α,β-unsaturated/α-hetero) is 1. The Hall–Kier alpha value is -2.95. The number of carbonyl (C=O) groups is 3. The number of nitrogens with one attached hydrogen (secondary N) is 2. The van der Waals surface area contributed by atoms with E-state index in [9.17, 15) is 14.4 Å². The maximum absolute atomic E-state index is 12.6. The Balaban J connectivity index is 1.68. The minimum Gasteiger partial charge on any atom is -0.349 e. The highest BCUT2D eigenvalue weighted by molar-refractivity contribution is 6.06. The van der Waals surface area contributed by atoms with Gasteiger partial charge in [0.25, 0.3) is 11.8 Å². The van der Waals surface area contributed by atoms with Gasteiger partial charge in [-0.15, -0.1) is 0 Å². The van der Waals surface area contributed by atoms with Gasteiger partial charge in [-0.1, -0.05) is 43.9 Å². The van der Waals surface area contributed by atoms with E-state index in [4.69, 9.17) is 0 Å². The summed E-state index contributed by atoms with van der Waals surface area (Å²) in [5, 5.41) is 5.89. The van der Waals surface area contributed by atoms with Gasteiger partial charge in [0, 0.05) is 28.4 Å². The molecule has 1 fully saturated rings. The van der Waals surface area contributed by atoms with Crippen molar-refractivity contribution in [2.75, 3.05) is 5.32 Å². The first-order valence-electron chi connectivity index (χ1n) is 9.86. The lowest BCUT2D eigenvalue weighted by Gasteiger charge is -2.16. The van der Waals surface area contributed by atoms with E-state index in [0.717, 1.165) is 25.7 Å². The van der Waals surface area contributed by atoms with Crippen molar-refractivity contribution in [3.05, 3.63) is 65.2 Å². The molecule has 2 aromatic rings. The summed E-state index contributed by atoms with van der Waals surface area (Å²) in [7, 11) is 0. The van der Waals surface area contributed by atoms with Crippen LogP contribution in [0.3, 0.4) is 0 Å². The van der Waals surface area contributed by atoms with Crippen LogP contribution < -0.4 is 10.6 Å². The summed E-state index contributed by atoms with van der Waals surface area (Å²) in [6.07, 6.45) is 6.77. The molecular formula is C23H26N2O3. The van der Waals surface area contributed by atoms with Crippen LogP contribution in [0.4, 0.5) is 5.69 Å². The fourth-order valence-corrected chi connectivity index (χ4v) is 3.51. The molecule has 0 heterocycles. The number of rotatable bonds is 5. The zero-order valence-electron chi connectivity index (χ0n) is 16.2. The van der Waals surface area contributed by atoms with Crippen molar-refractivity contribution >= 4 is 23.3 Å². The Labute approximate surface area is 165 Å². The Bertz CT molecular complexity index is 868. The van der Waals surface area contributed by atoms with E-state index in [0.29, 0.717) is 22.4 Å². The molecule has 0 spiro atoms. The van der Waals surface area contributed by atoms with E-state index in [-0.39, 0.29) is 23.6 Å². The van der Waals surface area contributed by atoms with Gasteiger partial charge in [-0.2, -0.15) is 0 Å². The molecule has 1 aliphatic rings. The van der Waals surface area contributed by atoms with Crippen molar-refractivity contribution in [2.45, 2.75) is 51.5 Å². The second-order valence-corrected chi connectivity index (χ2v) is 7.33. The molecule has 2 N–H and O–H groups in total. The second-order valence-electron chi connectivity index (χ2n) is 7.33. The highest BCUT2D eigenvalue weighted by atomic mass is 16.2. The molecule has 0 radical (unpaired) electrons. The van der Waals surface area contributed by atoms with Crippen LogP contribution in [0.5, 0.6) is 0 Å². The van der Waals surface area contributed by atoms with Crippen LogP contribution in [0.1, 0.15) is 76.5 Å². The molecule has 5 nitrogen and oxygen atoms in total. The van der Waals surface area contributed by atoms with Gasteiger partial charge < -0.3 is 10.6 Å². The Kier molecular flexibility index (Phi) is 6.58. The van der Waals surface area contributed by atoms with Gasteiger partial charge in [0.15, 0.2) is 5.78 Å². The quantitative estimate of drug-likeness (QED) is 0.590. The molecule has 5 heteroatoms. The fourth-order valence-electron chi connectivity index (χ4n) is 3.51. The van der Waals surface area contributed by atoms with Crippen molar-refractivity contribution in [2.24, 2.45) is 0 Å². The van der Waals surface area contributed by atoms with Gasteiger partial charge in [0.2, 0.25) is 0 Å². The lowest BCUT2D eigenvalue weighted by atomic mass is 10.1. The summed E-state index contributed by atoms with van der Waals surface area (Å²) in [4.78, 5) is 36.7. The summed E-state index contributed by atoms with van der Waals surface area (Å²) in [5.74, 6) is -0.516. The smallest absolute Gasteiger partial charge is 0.255 e. The number of ketones is 1. The standard InChI is InChI=1S/C23H26N2O3/c1-16(26)17-8-7-13-21(15-17)25-23(28)19-10-6-9-18(14-19)22(27)24-20-11-4-2-3-5-12-20/h6-10,13-15,20H,2-5,11-12H2,1H3,(H,24,27)(H,25,28). The van der Waals surface area contributed by atoms with E-state index in [1.165, 1.54) is 19.8 Å². The van der Waals surface area contributed by atoms with E-state index >= 15 is 0 Å². The van der Waals surface area contributed by atoms with Gasteiger partial charge in [-0.05, 0) is 50.1 Å². The van der Waals surface area contributed by atoms with Crippen molar-refractivity contribution in [3.8, 4) is 0 Å². The molecule has 3 rings (SSSR count). The first kappa shape index (κ1) is 19.8. The van der Waals surface area contributed by atoms with Gasteiger partial charge in [0.05, 0.1) is 0 Å². The van der Waals surface area contributed by atoms with Crippen LogP contribution in [-0.2, 0) is 0 Å². The molecule has 0 atom stereocenters. The third-order valence-corrected chi connectivity index (χ3v) is 5.10. The largest absolute Gasteiger partial charge is 0.349 e. The molecule has 28 heavy (non-hydrogen) atoms. The molecule has 1 aliphatic carbocycles. The number of amides is 2. The maximum atomic E-state index is 12.6. The molecule has 0 unspecified atom stereocenters. The van der Waals surface area contributed by atoms with Crippen LogP contribution >= 0.6 is 0 Å². The molecule has 0 aromatic heterocycles. The predicted octanol–water partition coefficient (Wildman–Crippen LogP) is 4.59. The highest BCUT2D eigenvalue weighted by Crippen LogP contribution is 2.18. The highest BCUT2D eigenvalue weighted by Gasteiger charge is 2.17. The number of carbonyl (C=O) groups excluding carboxylic acids is 3. The molecule has 1 saturated carbocycles. The Morgan fingerprint density at radius 3 is 2.07 bits per heavy atom. The van der Waals surface area contributed by atoms with Crippen LogP contribution in [0.25, 0.3) is 0 Å². The minimum atomic E-state index is -0.315. The van der Waals surface area contributed by atoms with Crippen molar-refractivity contribution in [1.29, 1.82) is 0 Å². The second kappa shape index (κ2) is 9.31. The average molecular weight is 378 g/mol. The lowest BCUT2D eigenvalue weighted by molar-refractivity contribution is 0.0932. The zero-order valence-corrected chi connectivity index (χ0v) is 16.2. The first-order chi connectivity index (χ1) is 13.5. The zero-order chi connectivity index (χ0) is 19.9. The molecule has 0 aliphatic heterocycles. The van der Waals surface area contributed by atoms with E-state index in [1.807, 2.05) is 0 Å². The summed E-state index contributed by atoms with van der Waals surface area (Å²) in [6.45, 7) is 1.48. The van der Waals surface area contributed by atoms with E-state index < -0.39 is 0 Å². The monoisotopic (exact) mass is 378 g/mol. The summed E-state index contributed by atoms with van der Waals surface area (Å²) in [6, 6.07) is 13.7. The summed E-state index contributed by atoms with van der Waals surface area (Å²) in [5.41, 5.74) is 1.97. The van der Waals surface area contributed by atoms with Crippen molar-refractivity contribution in [1.82, 2.24) is 5.32 Å². The topological polar surface area (TPSA) is 75.3 Å². The number of benzene rings is 2. The summed E-state index contributed by atoms with van der Waals surface area (Å²) >= 11 is 0. The van der Waals surface area contributed by atoms with Crippen molar-refractivity contribution < 1.29 is 14.4 Å². The third-order valence-electron chi connectivity index (χ3n) is 5.10. The molecule has 2 aromatic carbocycles. The van der Waals surface area contributed by atoms with Gasteiger partial charge in [0.1, 0.15) is 0 Å². The van der Waals surface area contributed by atoms with Gasteiger partial charge in [-0.3, -0.25) is 14.4 Å². The molecule has 146 valence electrons. The van der Waals surface area contributed by atoms with Crippen molar-refractivity contribution in [3.63, 3.8) is 0 Å². The SMILES string of the molecule is CC(=O)c1cccc(NC(=O)c2cccc(C(=O)NC3CCCCCC3)c2)c1. The molecule has 2 amide bonds. The van der Waals surface area contributed by atoms with Gasteiger partial charge >= 0.3 is 0 Å². The number of anilines is 1. The predicted molar refractivity (Wildman–Crippen MR) is 110 cm³/mol. The van der Waals surface area contributed by atoms with Crippen LogP contribution in [0.2, 0.25) is 0 Å². The van der Waals surface area contributed by atoms with Crippen LogP contribution in [0, 0.1) is 0 Å². The Morgan fingerprint density at radius 1 is 0.786 bits per heavy atom. The first-order valence-corrected chi connectivity index (χ1v) is 9.86. The third kappa shape index (κ3) is 5.28. The number of hydrogen-bond acceptors (Lipinski definition) is 3. The molecular weight excluding hydrogens is 352 g/mol. The fraction of sp³-hybridized carbons (Fsp3) is 0.348. The van der Waals surface area contributed by atoms with E-state index in [2.05, 4.69) is 10.6 Å². The number of hydrogen-bond donors (Lipinski definition) is 2. The Morgan fingerprint density at radius 2 is 1.39 bits per heavy atom. The molecule has 0 saturated heterocycles. The average Bonchev–Trinajstić information content (AvgIpc) is 2.97. The maximum Gasteiger partial charge on any atom is 0.255 e. The summed E-state index contributed by atoms with van der Waals surface area (Å²) < 4.78 is 0.